The maximum atomic E-state index is 13.0. The number of nitrogens with one attached hydrogen (secondary N) is 1. The van der Waals surface area contributed by atoms with E-state index in [4.69, 9.17) is 9.47 Å². The number of ether oxygens (including phenoxy) is 2. The first-order valence-electron chi connectivity index (χ1n) is 9.88. The zero-order chi connectivity index (χ0) is 21.3. The first-order chi connectivity index (χ1) is 12.8. The van der Waals surface area contributed by atoms with Gasteiger partial charge in [-0.15, -0.1) is 0 Å². The van der Waals surface area contributed by atoms with Gasteiger partial charge < -0.3 is 14.5 Å². The molecule has 2 rings (SSSR count). The lowest BCUT2D eigenvalue weighted by molar-refractivity contribution is -0.0690. The molecule has 28 heavy (non-hydrogen) atoms. The quantitative estimate of drug-likeness (QED) is 0.715. The molecule has 1 amide bonds. The van der Waals surface area contributed by atoms with Gasteiger partial charge in [-0.25, -0.2) is 9.78 Å². The number of rotatable bonds is 4. The summed E-state index contributed by atoms with van der Waals surface area (Å²) in [7, 11) is 0. The smallest absolute Gasteiger partial charge is 0.413 e. The summed E-state index contributed by atoms with van der Waals surface area (Å²) in [6.45, 7) is 17.9. The molecule has 1 aromatic heterocycles. The van der Waals surface area contributed by atoms with Gasteiger partial charge in [0.05, 0.1) is 18.5 Å². The van der Waals surface area contributed by atoms with Gasteiger partial charge in [0, 0.05) is 0 Å². The topological polar surface area (TPSA) is 67.4 Å². The van der Waals surface area contributed by atoms with Crippen LogP contribution in [0.5, 0.6) is 0 Å². The fourth-order valence-electron chi connectivity index (χ4n) is 3.32. The lowest BCUT2D eigenvalue weighted by Crippen LogP contribution is -2.54. The van der Waals surface area contributed by atoms with Gasteiger partial charge in [0.2, 0.25) is 0 Å². The van der Waals surface area contributed by atoms with Crippen molar-refractivity contribution in [1.29, 1.82) is 0 Å². The van der Waals surface area contributed by atoms with E-state index in [9.17, 15) is 4.79 Å². The average Bonchev–Trinajstić information content (AvgIpc) is 3.10. The normalized spacial score (nSPS) is 23.1. The summed E-state index contributed by atoms with van der Waals surface area (Å²) >= 11 is 0. The van der Waals surface area contributed by atoms with Crippen molar-refractivity contribution in [1.82, 2.24) is 14.9 Å². The Labute approximate surface area is 169 Å². The minimum atomic E-state index is -0.801. The summed E-state index contributed by atoms with van der Waals surface area (Å²) in [4.78, 5) is 22.6. The summed E-state index contributed by atoms with van der Waals surface area (Å²) in [6.07, 6.45) is 7.66. The Bertz CT molecular complexity index is 768. The van der Waals surface area contributed by atoms with E-state index in [-0.39, 0.29) is 0 Å². The molecule has 0 aromatic carbocycles. The molecular weight excluding hydrogens is 354 g/mol. The van der Waals surface area contributed by atoms with E-state index in [0.29, 0.717) is 18.3 Å². The molecule has 1 aliphatic rings. The Balaban J connectivity index is 2.39. The molecule has 1 N–H and O–H groups in total. The van der Waals surface area contributed by atoms with Crippen molar-refractivity contribution in [2.45, 2.75) is 79.2 Å². The van der Waals surface area contributed by atoms with Crippen LogP contribution in [0.3, 0.4) is 0 Å². The van der Waals surface area contributed by atoms with Crippen LogP contribution >= 0.6 is 0 Å². The molecule has 1 unspecified atom stereocenters. The van der Waals surface area contributed by atoms with Gasteiger partial charge in [0.1, 0.15) is 22.7 Å². The molecule has 1 aliphatic heterocycles. The van der Waals surface area contributed by atoms with Crippen LogP contribution in [0.2, 0.25) is 0 Å². The maximum absolute atomic E-state index is 13.0. The van der Waals surface area contributed by atoms with Gasteiger partial charge in [0.25, 0.3) is 0 Å². The monoisotopic (exact) mass is 389 g/mol. The second-order valence-electron chi connectivity index (χ2n) is 9.32. The van der Waals surface area contributed by atoms with Gasteiger partial charge in [0.15, 0.2) is 0 Å². The van der Waals surface area contributed by atoms with Gasteiger partial charge >= 0.3 is 6.09 Å². The number of imidazole rings is 1. The fraction of sp³-hybridized carbons (Fsp3) is 0.636. The largest absolute Gasteiger partial charge is 0.444 e. The van der Waals surface area contributed by atoms with Crippen LogP contribution in [-0.2, 0) is 15.0 Å². The molecule has 1 fully saturated rings. The van der Waals surface area contributed by atoms with E-state index in [1.807, 2.05) is 54.5 Å². The predicted octanol–water partition coefficient (Wildman–Crippen LogP) is 5.24. The Kier molecular flexibility index (Phi) is 6.14. The first kappa shape index (κ1) is 22.2. The van der Waals surface area contributed by atoms with E-state index < -0.39 is 23.0 Å². The number of hydrogen-bond acceptors (Lipinski definition) is 4. The molecule has 1 saturated heterocycles. The molecule has 0 aliphatic carbocycles. The van der Waals surface area contributed by atoms with Gasteiger partial charge in [-0.1, -0.05) is 32.1 Å². The lowest BCUT2D eigenvalue weighted by Gasteiger charge is -2.39. The summed E-state index contributed by atoms with van der Waals surface area (Å²) in [5.74, 6) is 1.14. The SMILES string of the molecule is C/C=C(\C=C/C(C)C)c1cnc(C2(C)COC(C)(C)N2C(=O)OC(C)(C)C)[nH]1. The number of amides is 1. The third-order valence-corrected chi connectivity index (χ3v) is 4.68. The van der Waals surface area contributed by atoms with Crippen LogP contribution in [0.1, 0.15) is 73.8 Å². The molecule has 0 saturated carbocycles. The number of H-pyrrole nitrogens is 1. The van der Waals surface area contributed by atoms with Crippen LogP contribution in [0.4, 0.5) is 4.79 Å². The van der Waals surface area contributed by atoms with E-state index >= 15 is 0 Å². The van der Waals surface area contributed by atoms with Crippen LogP contribution < -0.4 is 0 Å². The number of allylic oxidation sites excluding steroid dienone is 4. The van der Waals surface area contributed by atoms with Crippen molar-refractivity contribution in [2.75, 3.05) is 6.61 Å². The van der Waals surface area contributed by atoms with Gasteiger partial charge in [-0.3, -0.25) is 4.90 Å². The Morgan fingerprint density at radius 1 is 1.36 bits per heavy atom. The zero-order valence-corrected chi connectivity index (χ0v) is 18.7. The Morgan fingerprint density at radius 3 is 2.54 bits per heavy atom. The first-order valence-corrected chi connectivity index (χ1v) is 9.88. The summed E-state index contributed by atoms with van der Waals surface area (Å²) < 4.78 is 11.6. The highest BCUT2D eigenvalue weighted by Gasteiger charge is 2.55. The molecule has 6 heteroatoms. The second kappa shape index (κ2) is 7.74. The molecule has 2 heterocycles. The zero-order valence-electron chi connectivity index (χ0n) is 18.7. The lowest BCUT2D eigenvalue weighted by atomic mass is 10.00. The third kappa shape index (κ3) is 4.66. The Hall–Kier alpha value is -2.08. The number of hydrogen-bond donors (Lipinski definition) is 1. The van der Waals surface area contributed by atoms with Crippen molar-refractivity contribution < 1.29 is 14.3 Å². The third-order valence-electron chi connectivity index (χ3n) is 4.68. The standard InChI is InChI=1S/C22H35N3O3/c1-10-16(12-11-15(2)3)17-13-23-18(24-17)22(9)14-27-21(7,8)25(22)19(26)28-20(4,5)6/h10-13,15H,14H2,1-9H3,(H,23,24)/b12-11-,16-10+. The minimum Gasteiger partial charge on any atom is -0.444 e. The van der Waals surface area contributed by atoms with Crippen LogP contribution in [0, 0.1) is 5.92 Å². The van der Waals surface area contributed by atoms with Crippen molar-refractivity contribution in [3.8, 4) is 0 Å². The molecule has 6 nitrogen and oxygen atoms in total. The second-order valence-corrected chi connectivity index (χ2v) is 9.32. The number of carbonyl (C=O) groups is 1. The summed E-state index contributed by atoms with van der Waals surface area (Å²) in [6, 6.07) is 0. The van der Waals surface area contributed by atoms with Gasteiger partial charge in [-0.05, 0) is 60.0 Å². The number of aromatic amines is 1. The molecule has 0 radical (unpaired) electrons. The van der Waals surface area contributed by atoms with Crippen molar-refractivity contribution in [3.63, 3.8) is 0 Å². The van der Waals surface area contributed by atoms with Crippen molar-refractivity contribution >= 4 is 11.7 Å². The van der Waals surface area contributed by atoms with E-state index in [0.717, 1.165) is 11.3 Å². The van der Waals surface area contributed by atoms with Crippen molar-refractivity contribution in [3.05, 3.63) is 35.9 Å². The summed E-state index contributed by atoms with van der Waals surface area (Å²) in [5.41, 5.74) is -0.192. The van der Waals surface area contributed by atoms with Crippen LogP contribution in [-0.4, -0.2) is 38.9 Å². The highest BCUT2D eigenvalue weighted by Crippen LogP contribution is 2.42. The number of aromatic nitrogens is 2. The highest BCUT2D eigenvalue weighted by molar-refractivity contribution is 5.72. The average molecular weight is 390 g/mol. The minimum absolute atomic E-state index is 0.333. The maximum Gasteiger partial charge on any atom is 0.413 e. The Morgan fingerprint density at radius 2 is 2.00 bits per heavy atom. The molecule has 0 spiro atoms. The molecule has 156 valence electrons. The van der Waals surface area contributed by atoms with Crippen LogP contribution in [0.15, 0.2) is 24.4 Å². The number of nitrogens with zero attached hydrogens (tertiary/aromatic N) is 2. The summed E-state index contributed by atoms with van der Waals surface area (Å²) in [5, 5.41) is 0. The highest BCUT2D eigenvalue weighted by atomic mass is 16.6. The molecular formula is C22H35N3O3. The fourth-order valence-corrected chi connectivity index (χ4v) is 3.32. The van der Waals surface area contributed by atoms with Crippen LogP contribution in [0.25, 0.3) is 5.57 Å². The predicted molar refractivity (Wildman–Crippen MR) is 112 cm³/mol. The van der Waals surface area contributed by atoms with Gasteiger partial charge in [-0.2, -0.15) is 0 Å². The van der Waals surface area contributed by atoms with E-state index in [2.05, 4.69) is 36.0 Å². The van der Waals surface area contributed by atoms with E-state index in [1.165, 1.54) is 0 Å². The molecule has 1 aromatic rings. The van der Waals surface area contributed by atoms with Crippen molar-refractivity contribution in [2.24, 2.45) is 5.92 Å². The number of carbonyl (C=O) groups excluding carboxylic acids is 1. The molecule has 0 bridgehead atoms. The van der Waals surface area contributed by atoms with E-state index in [1.54, 1.807) is 11.1 Å². The molecule has 1 atom stereocenters.